The quantitative estimate of drug-likeness (QED) is 0.695. The molecule has 0 aromatic carbocycles. The fraction of sp³-hybridized carbons (Fsp3) is 0.938. The summed E-state index contributed by atoms with van der Waals surface area (Å²) in [4.78, 5) is 11.7. The first-order valence-electron chi connectivity index (χ1n) is 7.76. The van der Waals surface area contributed by atoms with Gasteiger partial charge in [0.1, 0.15) is 5.78 Å². The highest BCUT2D eigenvalue weighted by Crippen LogP contribution is 2.54. The van der Waals surface area contributed by atoms with Crippen LogP contribution >= 0.6 is 0 Å². The number of Topliss-reactive ketones (excluding diaryl/α,β-unsaturated/α-hetero) is 1. The molecule has 0 aromatic heterocycles. The van der Waals surface area contributed by atoms with Gasteiger partial charge in [-0.3, -0.25) is 4.79 Å². The van der Waals surface area contributed by atoms with Crippen molar-refractivity contribution in [3.05, 3.63) is 0 Å². The van der Waals surface area contributed by atoms with E-state index in [1.54, 1.807) is 0 Å². The number of carbonyl (C=O) groups excluding carboxylic acids is 1. The van der Waals surface area contributed by atoms with Crippen molar-refractivity contribution >= 4 is 14.1 Å². The van der Waals surface area contributed by atoms with Crippen LogP contribution < -0.4 is 0 Å². The maximum absolute atomic E-state index is 11.7. The molecular formula is C16H30O2Si. The molecule has 0 bridgehead atoms. The summed E-state index contributed by atoms with van der Waals surface area (Å²) in [6.45, 7) is 14.0. The Morgan fingerprint density at radius 1 is 1.26 bits per heavy atom. The third-order valence-electron chi connectivity index (χ3n) is 6.11. The summed E-state index contributed by atoms with van der Waals surface area (Å²) in [7, 11) is -1.70. The molecule has 0 saturated heterocycles. The molecule has 2 nitrogen and oxygen atoms in total. The Kier molecular flexibility index (Phi) is 3.77. The molecule has 0 radical (unpaired) electrons. The smallest absolute Gasteiger partial charge is 0.192 e. The molecule has 1 unspecified atom stereocenters. The van der Waals surface area contributed by atoms with Crippen molar-refractivity contribution in [3.63, 3.8) is 0 Å². The molecule has 3 atom stereocenters. The minimum absolute atomic E-state index is 0.253. The van der Waals surface area contributed by atoms with Crippen molar-refractivity contribution in [1.29, 1.82) is 0 Å². The van der Waals surface area contributed by atoms with E-state index in [1.165, 1.54) is 6.42 Å². The predicted octanol–water partition coefficient (Wildman–Crippen LogP) is 4.55. The summed E-state index contributed by atoms with van der Waals surface area (Å²) in [5.41, 5.74) is 0.253. The van der Waals surface area contributed by atoms with Gasteiger partial charge in [-0.1, -0.05) is 27.7 Å². The van der Waals surface area contributed by atoms with Crippen molar-refractivity contribution in [2.75, 3.05) is 0 Å². The van der Waals surface area contributed by atoms with E-state index in [4.69, 9.17) is 4.43 Å². The van der Waals surface area contributed by atoms with Crippen LogP contribution in [0.25, 0.3) is 0 Å². The van der Waals surface area contributed by atoms with Crippen LogP contribution in [0.15, 0.2) is 0 Å². The van der Waals surface area contributed by atoms with Gasteiger partial charge in [0.25, 0.3) is 0 Å². The molecule has 0 spiro atoms. The second kappa shape index (κ2) is 4.69. The number of hydrogen-bond acceptors (Lipinski definition) is 2. The molecule has 0 aliphatic heterocycles. The first-order valence-corrected chi connectivity index (χ1v) is 10.7. The molecule has 2 aliphatic rings. The molecule has 19 heavy (non-hydrogen) atoms. The Balaban J connectivity index is 2.13. The lowest BCUT2D eigenvalue weighted by atomic mass is 9.68. The molecule has 110 valence electrons. The number of fused-ring (bicyclic) bond motifs is 1. The Bertz CT molecular complexity index is 369. The Morgan fingerprint density at radius 2 is 1.89 bits per heavy atom. The van der Waals surface area contributed by atoms with E-state index in [0.29, 0.717) is 17.8 Å². The summed E-state index contributed by atoms with van der Waals surface area (Å²) in [5.74, 6) is 1.04. The molecular weight excluding hydrogens is 252 g/mol. The van der Waals surface area contributed by atoms with E-state index in [-0.39, 0.29) is 10.5 Å². The van der Waals surface area contributed by atoms with Crippen molar-refractivity contribution in [2.45, 2.75) is 84.0 Å². The lowest BCUT2D eigenvalue weighted by molar-refractivity contribution is -0.125. The van der Waals surface area contributed by atoms with Gasteiger partial charge in [0.15, 0.2) is 8.32 Å². The summed E-state index contributed by atoms with van der Waals surface area (Å²) in [6, 6.07) is 0. The zero-order valence-corrected chi connectivity index (χ0v) is 14.5. The number of ketones is 1. The molecule has 3 heteroatoms. The van der Waals surface area contributed by atoms with Crippen molar-refractivity contribution in [1.82, 2.24) is 0 Å². The third-order valence-corrected chi connectivity index (χ3v) is 10.6. The zero-order chi connectivity index (χ0) is 14.5. The van der Waals surface area contributed by atoms with E-state index in [2.05, 4.69) is 40.8 Å². The van der Waals surface area contributed by atoms with Crippen molar-refractivity contribution in [2.24, 2.45) is 11.3 Å². The minimum Gasteiger partial charge on any atom is -0.413 e. The standard InChI is InChI=1S/C16H30O2Si/c1-15(2,3)19(5,6)18-14-8-7-12-11-13(17)9-10-16(12,14)4/h12,14H,7-11H2,1-6H3/t12?,14-,16-/m0/s1. The monoisotopic (exact) mass is 282 g/mol. The first kappa shape index (κ1) is 15.2. The fourth-order valence-electron chi connectivity index (χ4n) is 3.49. The Labute approximate surface area is 119 Å². The molecule has 2 fully saturated rings. The third kappa shape index (κ3) is 2.69. The normalized spacial score (nSPS) is 36.4. The SMILES string of the molecule is CC(C)(C)[Si](C)(C)O[C@H]1CCC2CC(=O)CC[C@@]21C. The van der Waals surface area contributed by atoms with Crippen LogP contribution in [0.5, 0.6) is 0 Å². The van der Waals surface area contributed by atoms with Gasteiger partial charge in [-0.15, -0.1) is 0 Å². The molecule has 2 saturated carbocycles. The molecule has 2 rings (SSSR count). The van der Waals surface area contributed by atoms with Gasteiger partial charge in [0.05, 0.1) is 6.10 Å². The van der Waals surface area contributed by atoms with E-state index in [0.717, 1.165) is 25.7 Å². The van der Waals surface area contributed by atoms with Crippen LogP contribution in [0.4, 0.5) is 0 Å². The van der Waals surface area contributed by atoms with Crippen LogP contribution in [-0.2, 0) is 9.22 Å². The molecule has 0 heterocycles. The first-order chi connectivity index (χ1) is 8.56. The number of rotatable bonds is 2. The maximum Gasteiger partial charge on any atom is 0.192 e. The number of carbonyl (C=O) groups is 1. The van der Waals surface area contributed by atoms with Gasteiger partial charge in [-0.05, 0) is 48.7 Å². The number of hydrogen-bond donors (Lipinski definition) is 0. The average molecular weight is 282 g/mol. The maximum atomic E-state index is 11.7. The molecule has 2 aliphatic carbocycles. The van der Waals surface area contributed by atoms with Gasteiger partial charge in [0.2, 0.25) is 0 Å². The van der Waals surface area contributed by atoms with E-state index in [9.17, 15) is 4.79 Å². The lowest BCUT2D eigenvalue weighted by Crippen LogP contribution is -2.49. The second-order valence-corrected chi connectivity index (χ2v) is 13.1. The van der Waals surface area contributed by atoms with Crippen molar-refractivity contribution < 1.29 is 9.22 Å². The molecule has 0 aromatic rings. The van der Waals surface area contributed by atoms with Crippen LogP contribution in [0, 0.1) is 11.3 Å². The Morgan fingerprint density at radius 3 is 2.47 bits per heavy atom. The molecule has 0 amide bonds. The van der Waals surface area contributed by atoms with Gasteiger partial charge in [0, 0.05) is 12.8 Å². The van der Waals surface area contributed by atoms with E-state index < -0.39 is 8.32 Å². The van der Waals surface area contributed by atoms with Gasteiger partial charge in [-0.2, -0.15) is 0 Å². The average Bonchev–Trinajstić information content (AvgIpc) is 2.55. The van der Waals surface area contributed by atoms with E-state index in [1.807, 2.05) is 0 Å². The Hall–Kier alpha value is -0.153. The van der Waals surface area contributed by atoms with Crippen molar-refractivity contribution in [3.8, 4) is 0 Å². The van der Waals surface area contributed by atoms with Gasteiger partial charge in [-0.25, -0.2) is 0 Å². The minimum atomic E-state index is -1.70. The van der Waals surface area contributed by atoms with Gasteiger partial charge < -0.3 is 4.43 Å². The summed E-state index contributed by atoms with van der Waals surface area (Å²) >= 11 is 0. The highest BCUT2D eigenvalue weighted by Gasteiger charge is 2.52. The highest BCUT2D eigenvalue weighted by atomic mass is 28.4. The highest BCUT2D eigenvalue weighted by molar-refractivity contribution is 6.74. The largest absolute Gasteiger partial charge is 0.413 e. The van der Waals surface area contributed by atoms with Crippen LogP contribution in [0.3, 0.4) is 0 Å². The van der Waals surface area contributed by atoms with Crippen LogP contribution in [0.2, 0.25) is 18.1 Å². The lowest BCUT2D eigenvalue weighted by Gasteiger charge is -2.45. The summed E-state index contributed by atoms with van der Waals surface area (Å²) in [5, 5.41) is 0.270. The summed E-state index contributed by atoms with van der Waals surface area (Å²) < 4.78 is 6.70. The topological polar surface area (TPSA) is 26.3 Å². The zero-order valence-electron chi connectivity index (χ0n) is 13.5. The van der Waals surface area contributed by atoms with E-state index >= 15 is 0 Å². The predicted molar refractivity (Wildman–Crippen MR) is 81.8 cm³/mol. The van der Waals surface area contributed by atoms with Gasteiger partial charge >= 0.3 is 0 Å². The van der Waals surface area contributed by atoms with Crippen LogP contribution in [0.1, 0.15) is 59.8 Å². The second-order valence-electron chi connectivity index (χ2n) is 8.39. The fourth-order valence-corrected chi connectivity index (χ4v) is 4.94. The summed E-state index contributed by atoms with van der Waals surface area (Å²) in [6.07, 6.45) is 5.32. The molecule has 0 N–H and O–H groups in total. The van der Waals surface area contributed by atoms with Crippen LogP contribution in [-0.4, -0.2) is 20.2 Å².